The lowest BCUT2D eigenvalue weighted by Crippen LogP contribution is -2.40. The second-order valence-corrected chi connectivity index (χ2v) is 4.66. The van der Waals surface area contributed by atoms with Crippen molar-refractivity contribution in [2.75, 3.05) is 13.2 Å². The second kappa shape index (κ2) is 7.09. The fraction of sp³-hybridized carbons (Fsp3) is 0.571. The summed E-state index contributed by atoms with van der Waals surface area (Å²) in [6.45, 7) is 2.98. The van der Waals surface area contributed by atoms with Crippen molar-refractivity contribution < 1.29 is 23.5 Å². The highest BCUT2D eigenvalue weighted by Gasteiger charge is 2.24. The van der Waals surface area contributed by atoms with Crippen molar-refractivity contribution >= 4 is 11.9 Å². The smallest absolute Gasteiger partial charge is 0.374 e. The molecule has 1 saturated heterocycles. The number of carbonyl (C=O) groups is 2. The average molecular weight is 281 g/mol. The first kappa shape index (κ1) is 14.6. The largest absolute Gasteiger partial charge is 0.457 e. The fourth-order valence-corrected chi connectivity index (χ4v) is 2.04. The van der Waals surface area contributed by atoms with Crippen molar-refractivity contribution in [3.63, 3.8) is 0 Å². The van der Waals surface area contributed by atoms with Gasteiger partial charge in [0.15, 0.2) is 6.10 Å². The molecule has 0 spiro atoms. The molecule has 0 unspecified atom stereocenters. The number of nitrogens with one attached hydrogen (secondary N) is 1. The Labute approximate surface area is 117 Å². The third-order valence-electron chi connectivity index (χ3n) is 3.16. The number of ether oxygens (including phenoxy) is 2. The first-order valence-electron chi connectivity index (χ1n) is 6.84. The van der Waals surface area contributed by atoms with Crippen molar-refractivity contribution in [3.05, 3.63) is 24.2 Å². The van der Waals surface area contributed by atoms with E-state index in [0.717, 1.165) is 19.4 Å². The maximum atomic E-state index is 12.0. The Morgan fingerprint density at radius 1 is 1.55 bits per heavy atom. The first-order valence-corrected chi connectivity index (χ1v) is 6.84. The fourth-order valence-electron chi connectivity index (χ4n) is 2.04. The zero-order chi connectivity index (χ0) is 14.4. The van der Waals surface area contributed by atoms with Crippen LogP contribution in [0.25, 0.3) is 0 Å². The second-order valence-electron chi connectivity index (χ2n) is 4.66. The standard InChI is InChI=1S/C14H19NO5/c1-2-11(20-14(17)12-6-4-8-19-12)13(16)15-9-10-5-3-7-18-10/h4,6,8,10-11H,2-3,5,7,9H2,1H3,(H,15,16)/t10-,11-/m1/s1. The molecule has 2 atom stereocenters. The van der Waals surface area contributed by atoms with Crippen LogP contribution in [0.2, 0.25) is 0 Å². The van der Waals surface area contributed by atoms with E-state index in [-0.39, 0.29) is 17.8 Å². The van der Waals surface area contributed by atoms with Gasteiger partial charge in [0.2, 0.25) is 5.76 Å². The molecule has 2 heterocycles. The summed E-state index contributed by atoms with van der Waals surface area (Å²) in [6, 6.07) is 3.09. The number of hydrogen-bond donors (Lipinski definition) is 1. The highest BCUT2D eigenvalue weighted by Crippen LogP contribution is 2.11. The van der Waals surface area contributed by atoms with Gasteiger partial charge in [0.1, 0.15) is 0 Å². The van der Waals surface area contributed by atoms with Gasteiger partial charge in [-0.2, -0.15) is 0 Å². The van der Waals surface area contributed by atoms with Gasteiger partial charge in [-0.25, -0.2) is 4.79 Å². The molecule has 1 aliphatic heterocycles. The van der Waals surface area contributed by atoms with Gasteiger partial charge < -0.3 is 19.2 Å². The van der Waals surface area contributed by atoms with Crippen molar-refractivity contribution in [3.8, 4) is 0 Å². The van der Waals surface area contributed by atoms with E-state index in [9.17, 15) is 9.59 Å². The quantitative estimate of drug-likeness (QED) is 0.800. The monoisotopic (exact) mass is 281 g/mol. The molecule has 0 aliphatic carbocycles. The Morgan fingerprint density at radius 3 is 3.00 bits per heavy atom. The lowest BCUT2D eigenvalue weighted by Gasteiger charge is -2.17. The van der Waals surface area contributed by atoms with Gasteiger partial charge in [-0.15, -0.1) is 0 Å². The van der Waals surface area contributed by atoms with Crippen LogP contribution in [0.4, 0.5) is 0 Å². The van der Waals surface area contributed by atoms with Gasteiger partial charge in [0.05, 0.1) is 12.4 Å². The maximum Gasteiger partial charge on any atom is 0.374 e. The summed E-state index contributed by atoms with van der Waals surface area (Å²) < 4.78 is 15.5. The summed E-state index contributed by atoms with van der Waals surface area (Å²) in [6.07, 6.45) is 3.01. The van der Waals surface area contributed by atoms with Crippen LogP contribution in [0.5, 0.6) is 0 Å². The van der Waals surface area contributed by atoms with Gasteiger partial charge in [-0.05, 0) is 31.4 Å². The molecule has 6 nitrogen and oxygen atoms in total. The van der Waals surface area contributed by atoms with Gasteiger partial charge in [0.25, 0.3) is 5.91 Å². The van der Waals surface area contributed by atoms with Gasteiger partial charge in [-0.3, -0.25) is 4.79 Å². The first-order chi connectivity index (χ1) is 9.70. The third kappa shape index (κ3) is 3.84. The van der Waals surface area contributed by atoms with E-state index in [1.807, 2.05) is 0 Å². The highest BCUT2D eigenvalue weighted by molar-refractivity contribution is 5.90. The molecular formula is C14H19NO5. The van der Waals surface area contributed by atoms with E-state index in [2.05, 4.69) is 5.32 Å². The van der Waals surface area contributed by atoms with Crippen LogP contribution in [-0.2, 0) is 14.3 Å². The van der Waals surface area contributed by atoms with Crippen LogP contribution in [0.3, 0.4) is 0 Å². The van der Waals surface area contributed by atoms with Crippen molar-refractivity contribution in [1.82, 2.24) is 5.32 Å². The van der Waals surface area contributed by atoms with Crippen LogP contribution < -0.4 is 5.32 Å². The summed E-state index contributed by atoms with van der Waals surface area (Å²) in [5, 5.41) is 2.75. The molecule has 110 valence electrons. The molecule has 1 N–H and O–H groups in total. The van der Waals surface area contributed by atoms with Gasteiger partial charge in [0, 0.05) is 13.2 Å². The number of hydrogen-bond acceptors (Lipinski definition) is 5. The molecule has 0 radical (unpaired) electrons. The Bertz CT molecular complexity index is 436. The van der Waals surface area contributed by atoms with E-state index in [4.69, 9.17) is 13.9 Å². The lowest BCUT2D eigenvalue weighted by molar-refractivity contribution is -0.130. The summed E-state index contributed by atoms with van der Waals surface area (Å²) in [5.74, 6) is -0.840. The van der Waals surface area contributed by atoms with Crippen LogP contribution in [0.1, 0.15) is 36.7 Å². The minimum atomic E-state index is -0.811. The molecule has 1 aromatic rings. The number of carbonyl (C=O) groups excluding carboxylic acids is 2. The highest BCUT2D eigenvalue weighted by atomic mass is 16.6. The Hall–Kier alpha value is -1.82. The normalized spacial score (nSPS) is 19.6. The SMILES string of the molecule is CC[C@@H](OC(=O)c1ccco1)C(=O)NC[C@H]1CCCO1. The minimum absolute atomic E-state index is 0.0669. The zero-order valence-corrected chi connectivity index (χ0v) is 11.5. The molecule has 0 saturated carbocycles. The number of esters is 1. The molecule has 20 heavy (non-hydrogen) atoms. The number of furan rings is 1. The molecule has 0 bridgehead atoms. The van der Waals surface area contributed by atoms with Crippen molar-refractivity contribution in [1.29, 1.82) is 0 Å². The van der Waals surface area contributed by atoms with Crippen LogP contribution in [0, 0.1) is 0 Å². The maximum absolute atomic E-state index is 12.0. The van der Waals surface area contributed by atoms with E-state index in [1.165, 1.54) is 12.3 Å². The van der Waals surface area contributed by atoms with Gasteiger partial charge >= 0.3 is 5.97 Å². The molecule has 1 aliphatic rings. The molecule has 6 heteroatoms. The average Bonchev–Trinajstić information content (AvgIpc) is 3.13. The topological polar surface area (TPSA) is 77.8 Å². The van der Waals surface area contributed by atoms with Gasteiger partial charge in [-0.1, -0.05) is 6.92 Å². The minimum Gasteiger partial charge on any atom is -0.457 e. The number of rotatable bonds is 6. The van der Waals surface area contributed by atoms with Crippen molar-refractivity contribution in [2.45, 2.75) is 38.4 Å². The van der Waals surface area contributed by atoms with E-state index in [0.29, 0.717) is 13.0 Å². The van der Waals surface area contributed by atoms with Crippen molar-refractivity contribution in [2.24, 2.45) is 0 Å². The third-order valence-corrected chi connectivity index (χ3v) is 3.16. The summed E-state index contributed by atoms with van der Waals surface area (Å²) in [4.78, 5) is 23.7. The lowest BCUT2D eigenvalue weighted by atomic mass is 10.2. The summed E-state index contributed by atoms with van der Waals surface area (Å²) in [5.41, 5.74) is 0. The molecule has 1 amide bonds. The zero-order valence-electron chi connectivity index (χ0n) is 11.5. The Morgan fingerprint density at radius 2 is 2.40 bits per heavy atom. The van der Waals surface area contributed by atoms with E-state index < -0.39 is 12.1 Å². The predicted octanol–water partition coefficient (Wildman–Crippen LogP) is 1.51. The van der Waals surface area contributed by atoms with Crippen LogP contribution >= 0.6 is 0 Å². The van der Waals surface area contributed by atoms with E-state index in [1.54, 1.807) is 13.0 Å². The Balaban J connectivity index is 1.80. The molecule has 1 aromatic heterocycles. The molecule has 2 rings (SSSR count). The van der Waals surface area contributed by atoms with Crippen LogP contribution in [0.15, 0.2) is 22.8 Å². The van der Waals surface area contributed by atoms with E-state index >= 15 is 0 Å². The molecule has 0 aromatic carbocycles. The van der Waals surface area contributed by atoms with Crippen LogP contribution in [-0.4, -0.2) is 37.2 Å². The summed E-state index contributed by atoms with van der Waals surface area (Å²) >= 11 is 0. The molecule has 1 fully saturated rings. The summed E-state index contributed by atoms with van der Waals surface area (Å²) in [7, 11) is 0. The Kier molecular flexibility index (Phi) is 5.17. The number of amides is 1. The predicted molar refractivity (Wildman–Crippen MR) is 70.2 cm³/mol. The molecular weight excluding hydrogens is 262 g/mol.